The number of aliphatic carboxylic acids is 1. The molecule has 0 heterocycles. The van der Waals surface area contributed by atoms with Gasteiger partial charge < -0.3 is 14.9 Å². The molecule has 0 aliphatic rings. The molecule has 0 bridgehead atoms. The molecule has 0 unspecified atom stereocenters. The van der Waals surface area contributed by atoms with Crippen LogP contribution in [0.1, 0.15) is 17.5 Å². The molecule has 7 heteroatoms. The number of hydrogen-bond donors (Lipinski definition) is 2. The zero-order valence-corrected chi connectivity index (χ0v) is 9.41. The minimum atomic E-state index is -4.64. The predicted octanol–water partition coefficient (Wildman–Crippen LogP) is 2.44. The molecule has 0 saturated heterocycles. The third-order valence-corrected chi connectivity index (χ3v) is 2.33. The second-order valence-electron chi connectivity index (χ2n) is 3.55. The van der Waals surface area contributed by atoms with Crippen molar-refractivity contribution in [3.63, 3.8) is 0 Å². The number of methoxy groups -OCH3 is 1. The first kappa shape index (κ1) is 14.1. The third kappa shape index (κ3) is 3.06. The number of phenolic OH excluding ortho intramolecular Hbond substituents is 1. The summed E-state index contributed by atoms with van der Waals surface area (Å²) >= 11 is 0. The van der Waals surface area contributed by atoms with Gasteiger partial charge in [0.1, 0.15) is 5.56 Å². The number of aryl methyl sites for hydroxylation is 1. The van der Waals surface area contributed by atoms with Crippen LogP contribution in [0.15, 0.2) is 12.1 Å². The Morgan fingerprint density at radius 3 is 2.44 bits per heavy atom. The average molecular weight is 264 g/mol. The van der Waals surface area contributed by atoms with Gasteiger partial charge in [0.05, 0.1) is 7.11 Å². The molecule has 2 N–H and O–H groups in total. The van der Waals surface area contributed by atoms with E-state index in [0.29, 0.717) is 0 Å². The van der Waals surface area contributed by atoms with Crippen molar-refractivity contribution in [2.45, 2.75) is 19.0 Å². The normalized spacial score (nSPS) is 11.3. The van der Waals surface area contributed by atoms with Gasteiger partial charge in [-0.3, -0.25) is 4.79 Å². The summed E-state index contributed by atoms with van der Waals surface area (Å²) in [6, 6.07) is 1.80. The van der Waals surface area contributed by atoms with Crippen LogP contribution in [0.4, 0.5) is 13.2 Å². The van der Waals surface area contributed by atoms with Gasteiger partial charge in [-0.05, 0) is 18.1 Å². The fraction of sp³-hybridized carbons (Fsp3) is 0.364. The van der Waals surface area contributed by atoms with E-state index >= 15 is 0 Å². The first-order valence-corrected chi connectivity index (χ1v) is 4.95. The van der Waals surface area contributed by atoms with Crippen LogP contribution in [0.25, 0.3) is 0 Å². The number of carbonyl (C=O) groups is 1. The SMILES string of the molecule is COc1c(C(F)(F)F)ccc(CCC(=O)O)c1O. The van der Waals surface area contributed by atoms with E-state index in [1.54, 1.807) is 0 Å². The lowest BCUT2D eigenvalue weighted by molar-refractivity contribution is -0.139. The number of carboxylic acids is 1. The van der Waals surface area contributed by atoms with Crippen LogP contribution < -0.4 is 4.74 Å². The fourth-order valence-electron chi connectivity index (χ4n) is 1.49. The zero-order valence-electron chi connectivity index (χ0n) is 9.41. The molecular weight excluding hydrogens is 253 g/mol. The molecule has 0 spiro atoms. The van der Waals surface area contributed by atoms with Crippen LogP contribution in [0, 0.1) is 0 Å². The maximum absolute atomic E-state index is 12.6. The summed E-state index contributed by atoms with van der Waals surface area (Å²) in [5.74, 6) is -2.47. The highest BCUT2D eigenvalue weighted by atomic mass is 19.4. The van der Waals surface area contributed by atoms with Gasteiger partial charge in [0.2, 0.25) is 0 Å². The molecular formula is C11H11F3O4. The van der Waals surface area contributed by atoms with Crippen molar-refractivity contribution in [2.75, 3.05) is 7.11 Å². The van der Waals surface area contributed by atoms with Gasteiger partial charge in [-0.1, -0.05) is 6.07 Å². The van der Waals surface area contributed by atoms with Crippen LogP contribution >= 0.6 is 0 Å². The number of rotatable bonds is 4. The minimum absolute atomic E-state index is 0.0737. The number of ether oxygens (including phenoxy) is 1. The topological polar surface area (TPSA) is 66.8 Å². The molecule has 0 fully saturated rings. The highest BCUT2D eigenvalue weighted by molar-refractivity contribution is 5.67. The van der Waals surface area contributed by atoms with Crippen LogP contribution in [0.2, 0.25) is 0 Å². The fourth-order valence-corrected chi connectivity index (χ4v) is 1.49. The van der Waals surface area contributed by atoms with Gasteiger partial charge in [0.15, 0.2) is 11.5 Å². The number of alkyl halides is 3. The van der Waals surface area contributed by atoms with Crippen molar-refractivity contribution >= 4 is 5.97 Å². The number of phenols is 1. The van der Waals surface area contributed by atoms with Crippen LogP contribution in [0.5, 0.6) is 11.5 Å². The molecule has 0 aromatic heterocycles. The highest BCUT2D eigenvalue weighted by Gasteiger charge is 2.36. The monoisotopic (exact) mass is 264 g/mol. The molecule has 1 rings (SSSR count). The van der Waals surface area contributed by atoms with E-state index in [9.17, 15) is 23.1 Å². The predicted molar refractivity (Wildman–Crippen MR) is 55.6 cm³/mol. The van der Waals surface area contributed by atoms with Crippen LogP contribution in [-0.4, -0.2) is 23.3 Å². The van der Waals surface area contributed by atoms with Gasteiger partial charge in [-0.2, -0.15) is 13.2 Å². The van der Waals surface area contributed by atoms with E-state index in [1.165, 1.54) is 0 Å². The molecule has 1 aromatic rings. The summed E-state index contributed by atoms with van der Waals surface area (Å²) in [7, 11) is 1.01. The number of benzene rings is 1. The quantitative estimate of drug-likeness (QED) is 0.876. The molecule has 0 amide bonds. The lowest BCUT2D eigenvalue weighted by Gasteiger charge is -2.15. The summed E-state index contributed by atoms with van der Waals surface area (Å²) in [6.07, 6.45) is -5.01. The summed E-state index contributed by atoms with van der Waals surface area (Å²) in [5.41, 5.74) is -0.996. The molecule has 0 radical (unpaired) electrons. The Bertz CT molecular complexity index is 454. The van der Waals surface area contributed by atoms with E-state index in [4.69, 9.17) is 5.11 Å². The number of halogens is 3. The second-order valence-corrected chi connectivity index (χ2v) is 3.55. The number of aromatic hydroxyl groups is 1. The standard InChI is InChI=1S/C11H11F3O4/c1-18-10-7(11(12,13)14)4-2-6(9(10)17)3-5-8(15)16/h2,4,17H,3,5H2,1H3,(H,15,16). The molecule has 0 saturated carbocycles. The van der Waals surface area contributed by atoms with Crippen molar-refractivity contribution < 1.29 is 32.9 Å². The first-order valence-electron chi connectivity index (χ1n) is 4.95. The zero-order chi connectivity index (χ0) is 13.9. The van der Waals surface area contributed by atoms with Crippen molar-refractivity contribution in [1.29, 1.82) is 0 Å². The smallest absolute Gasteiger partial charge is 0.420 e. The molecule has 0 aliphatic carbocycles. The van der Waals surface area contributed by atoms with Crippen LogP contribution in [0.3, 0.4) is 0 Å². The minimum Gasteiger partial charge on any atom is -0.504 e. The maximum atomic E-state index is 12.6. The highest BCUT2D eigenvalue weighted by Crippen LogP contribution is 2.42. The average Bonchev–Trinajstić information content (AvgIpc) is 2.25. The largest absolute Gasteiger partial charge is 0.504 e. The molecule has 1 aromatic carbocycles. The van der Waals surface area contributed by atoms with E-state index in [2.05, 4.69) is 4.74 Å². The molecule has 0 atom stereocenters. The van der Waals surface area contributed by atoms with E-state index in [-0.39, 0.29) is 18.4 Å². The summed E-state index contributed by atoms with van der Waals surface area (Å²) in [4.78, 5) is 10.4. The number of hydrogen-bond acceptors (Lipinski definition) is 3. The Kier molecular flexibility index (Phi) is 4.05. The molecule has 100 valence electrons. The Balaban J connectivity index is 3.16. The van der Waals surface area contributed by atoms with Gasteiger partial charge in [-0.25, -0.2) is 0 Å². The molecule has 4 nitrogen and oxygen atoms in total. The summed E-state index contributed by atoms with van der Waals surface area (Å²) in [5, 5.41) is 18.1. The van der Waals surface area contributed by atoms with Crippen molar-refractivity contribution in [1.82, 2.24) is 0 Å². The van der Waals surface area contributed by atoms with Crippen LogP contribution in [-0.2, 0) is 17.4 Å². The van der Waals surface area contributed by atoms with E-state index in [0.717, 1.165) is 19.2 Å². The van der Waals surface area contributed by atoms with Gasteiger partial charge >= 0.3 is 12.1 Å². The lowest BCUT2D eigenvalue weighted by atomic mass is 10.0. The summed E-state index contributed by atoms with van der Waals surface area (Å²) in [6.45, 7) is 0. The van der Waals surface area contributed by atoms with Gasteiger partial charge in [-0.15, -0.1) is 0 Å². The second kappa shape index (κ2) is 5.16. The van der Waals surface area contributed by atoms with E-state index in [1.807, 2.05) is 0 Å². The maximum Gasteiger partial charge on any atom is 0.420 e. The number of carboxylic acid groups (broad SMARTS) is 1. The Hall–Kier alpha value is -1.92. The Labute approximate surface area is 101 Å². The molecule has 0 aliphatic heterocycles. The Morgan fingerprint density at radius 2 is 2.00 bits per heavy atom. The van der Waals surface area contributed by atoms with Gasteiger partial charge in [0, 0.05) is 6.42 Å². The lowest BCUT2D eigenvalue weighted by Crippen LogP contribution is -2.08. The van der Waals surface area contributed by atoms with Gasteiger partial charge in [0.25, 0.3) is 0 Å². The first-order chi connectivity index (χ1) is 8.27. The third-order valence-electron chi connectivity index (χ3n) is 2.33. The van der Waals surface area contributed by atoms with E-state index < -0.39 is 29.2 Å². The van der Waals surface area contributed by atoms with Crippen molar-refractivity contribution in [2.24, 2.45) is 0 Å². The molecule has 18 heavy (non-hydrogen) atoms. The summed E-state index contributed by atoms with van der Waals surface area (Å²) < 4.78 is 42.3. The van der Waals surface area contributed by atoms with Crippen molar-refractivity contribution in [3.8, 4) is 11.5 Å². The van der Waals surface area contributed by atoms with Crippen molar-refractivity contribution in [3.05, 3.63) is 23.3 Å². The Morgan fingerprint density at radius 1 is 1.39 bits per heavy atom.